The Labute approximate surface area is 229 Å². The summed E-state index contributed by atoms with van der Waals surface area (Å²) < 4.78 is 40.7. The molecule has 0 spiro atoms. The molecule has 3 aliphatic rings. The average Bonchev–Trinajstić information content (AvgIpc) is 3.64. The van der Waals surface area contributed by atoms with Crippen LogP contribution in [0.25, 0.3) is 10.9 Å². The SMILES string of the molecule is COc1cc2c(NC3CCN(c4c(F)cccc4F)CC3)c3c(nc2cc1OCCCN1CCCC1)CCC3. The number of para-hydroxylation sites is 1. The second-order valence-electron chi connectivity index (χ2n) is 11.0. The lowest BCUT2D eigenvalue weighted by Gasteiger charge is -2.35. The summed E-state index contributed by atoms with van der Waals surface area (Å²) in [7, 11) is 1.68. The van der Waals surface area contributed by atoms with E-state index >= 15 is 0 Å². The maximum atomic E-state index is 14.3. The molecule has 0 saturated carbocycles. The molecular weight excluding hydrogens is 498 g/mol. The standard InChI is InChI=1S/C31H38F2N4O2/c1-38-28-19-23-27(20-29(28)39-18-6-15-36-13-2-3-14-36)35-26-10-4-7-22(26)30(23)34-21-11-16-37(17-12-21)31-24(32)8-5-9-25(31)33/h5,8-9,19-21H,2-4,6-7,10-18H2,1H3,(H,34,35). The van der Waals surface area contributed by atoms with E-state index in [1.54, 1.807) is 7.11 Å². The molecule has 2 aliphatic heterocycles. The molecule has 0 unspecified atom stereocenters. The van der Waals surface area contributed by atoms with Gasteiger partial charge < -0.3 is 24.6 Å². The molecule has 0 bridgehead atoms. The number of nitrogens with one attached hydrogen (secondary N) is 1. The minimum atomic E-state index is -0.500. The molecular formula is C31H38F2N4O2. The van der Waals surface area contributed by atoms with E-state index in [-0.39, 0.29) is 11.7 Å². The number of likely N-dealkylation sites (tertiary alicyclic amines) is 1. The van der Waals surface area contributed by atoms with Crippen LogP contribution in [0.3, 0.4) is 0 Å². The second kappa shape index (κ2) is 11.5. The molecule has 1 aliphatic carbocycles. The van der Waals surface area contributed by atoms with Gasteiger partial charge in [0.05, 0.1) is 19.2 Å². The van der Waals surface area contributed by atoms with Crippen LogP contribution in [-0.4, -0.2) is 62.4 Å². The first-order valence-corrected chi connectivity index (χ1v) is 14.4. The van der Waals surface area contributed by atoms with Crippen LogP contribution >= 0.6 is 0 Å². The van der Waals surface area contributed by atoms with Crippen LogP contribution in [0, 0.1) is 11.6 Å². The smallest absolute Gasteiger partial charge is 0.163 e. The summed E-state index contributed by atoms with van der Waals surface area (Å²) in [5.74, 6) is 0.459. The molecule has 0 amide bonds. The Hall–Kier alpha value is -3.13. The van der Waals surface area contributed by atoms with E-state index in [2.05, 4.69) is 16.3 Å². The van der Waals surface area contributed by atoms with Crippen LogP contribution in [0.4, 0.5) is 20.2 Å². The lowest BCUT2D eigenvalue weighted by atomic mass is 10.0. The van der Waals surface area contributed by atoms with Crippen molar-refractivity contribution >= 4 is 22.3 Å². The summed E-state index contributed by atoms with van der Waals surface area (Å²) in [6.07, 6.45) is 8.24. The van der Waals surface area contributed by atoms with Crippen molar-refractivity contribution in [3.8, 4) is 11.5 Å². The van der Waals surface area contributed by atoms with Crippen LogP contribution in [-0.2, 0) is 12.8 Å². The van der Waals surface area contributed by atoms with Gasteiger partial charge in [0.1, 0.15) is 17.3 Å². The number of aromatic nitrogens is 1. The third kappa shape index (κ3) is 5.49. The molecule has 0 atom stereocenters. The van der Waals surface area contributed by atoms with E-state index in [9.17, 15) is 8.78 Å². The second-order valence-corrected chi connectivity index (χ2v) is 11.0. The number of hydrogen-bond donors (Lipinski definition) is 1. The Morgan fingerprint density at radius 3 is 2.49 bits per heavy atom. The van der Waals surface area contributed by atoms with Crippen molar-refractivity contribution in [2.24, 2.45) is 0 Å². The van der Waals surface area contributed by atoms with Crippen LogP contribution < -0.4 is 19.7 Å². The van der Waals surface area contributed by atoms with Crippen LogP contribution in [0.15, 0.2) is 30.3 Å². The highest BCUT2D eigenvalue weighted by atomic mass is 19.1. The van der Waals surface area contributed by atoms with Gasteiger partial charge in [-0.3, -0.25) is 4.98 Å². The van der Waals surface area contributed by atoms with Crippen LogP contribution in [0.2, 0.25) is 0 Å². The average molecular weight is 537 g/mol. The lowest BCUT2D eigenvalue weighted by Crippen LogP contribution is -2.40. The molecule has 2 saturated heterocycles. The molecule has 208 valence electrons. The van der Waals surface area contributed by atoms with Gasteiger partial charge in [0.15, 0.2) is 11.5 Å². The molecule has 2 aromatic carbocycles. The fraction of sp³-hybridized carbons (Fsp3) is 0.516. The highest BCUT2D eigenvalue weighted by Crippen LogP contribution is 2.40. The summed E-state index contributed by atoms with van der Waals surface area (Å²) in [5, 5.41) is 4.86. The van der Waals surface area contributed by atoms with E-state index in [1.807, 2.05) is 11.0 Å². The van der Waals surface area contributed by atoms with Gasteiger partial charge >= 0.3 is 0 Å². The van der Waals surface area contributed by atoms with E-state index < -0.39 is 11.6 Å². The molecule has 2 fully saturated rings. The lowest BCUT2D eigenvalue weighted by molar-refractivity contribution is 0.254. The van der Waals surface area contributed by atoms with E-state index in [1.165, 1.54) is 49.7 Å². The van der Waals surface area contributed by atoms with E-state index in [4.69, 9.17) is 14.5 Å². The van der Waals surface area contributed by atoms with Gasteiger partial charge in [-0.05, 0) is 88.2 Å². The van der Waals surface area contributed by atoms with Gasteiger partial charge in [-0.1, -0.05) is 6.07 Å². The van der Waals surface area contributed by atoms with Crippen LogP contribution in [0.1, 0.15) is 49.8 Å². The van der Waals surface area contributed by atoms with Gasteiger partial charge in [0.25, 0.3) is 0 Å². The monoisotopic (exact) mass is 536 g/mol. The number of benzene rings is 2. The number of hydrogen-bond acceptors (Lipinski definition) is 6. The number of fused-ring (bicyclic) bond motifs is 2. The van der Waals surface area contributed by atoms with E-state index in [0.29, 0.717) is 19.7 Å². The van der Waals surface area contributed by atoms with Gasteiger partial charge in [-0.15, -0.1) is 0 Å². The number of methoxy groups -OCH3 is 1. The fourth-order valence-corrected chi connectivity index (χ4v) is 6.43. The van der Waals surface area contributed by atoms with Gasteiger partial charge in [0, 0.05) is 48.5 Å². The molecule has 8 heteroatoms. The summed E-state index contributed by atoms with van der Waals surface area (Å²) in [6.45, 7) is 5.30. The van der Waals surface area contributed by atoms with Crippen molar-refractivity contribution in [1.82, 2.24) is 9.88 Å². The zero-order valence-electron chi connectivity index (χ0n) is 22.8. The Morgan fingerprint density at radius 2 is 1.74 bits per heavy atom. The van der Waals surface area contributed by atoms with Crippen molar-refractivity contribution in [2.45, 2.75) is 57.4 Å². The highest BCUT2D eigenvalue weighted by Gasteiger charge is 2.27. The predicted octanol–water partition coefficient (Wildman–Crippen LogP) is 5.96. The fourth-order valence-electron chi connectivity index (χ4n) is 6.43. The third-order valence-electron chi connectivity index (χ3n) is 8.47. The van der Waals surface area contributed by atoms with Crippen molar-refractivity contribution < 1.29 is 18.3 Å². The van der Waals surface area contributed by atoms with E-state index in [0.717, 1.165) is 78.9 Å². The number of piperidine rings is 1. The number of aryl methyl sites for hydroxylation is 1. The maximum absolute atomic E-state index is 14.3. The first-order valence-electron chi connectivity index (χ1n) is 14.4. The summed E-state index contributed by atoms with van der Waals surface area (Å²) in [6, 6.07) is 8.36. The van der Waals surface area contributed by atoms with Crippen molar-refractivity contribution in [2.75, 3.05) is 56.7 Å². The molecule has 3 aromatic rings. The first kappa shape index (κ1) is 26.1. The van der Waals surface area contributed by atoms with Crippen molar-refractivity contribution in [3.63, 3.8) is 0 Å². The first-order chi connectivity index (χ1) is 19.1. The molecule has 1 aromatic heterocycles. The van der Waals surface area contributed by atoms with Crippen molar-refractivity contribution in [1.29, 1.82) is 0 Å². The summed E-state index contributed by atoms with van der Waals surface area (Å²) in [4.78, 5) is 9.36. The maximum Gasteiger partial charge on any atom is 0.163 e. The quantitative estimate of drug-likeness (QED) is 0.341. The molecule has 1 N–H and O–H groups in total. The Morgan fingerprint density at radius 1 is 0.974 bits per heavy atom. The number of anilines is 2. The zero-order chi connectivity index (χ0) is 26.8. The number of halogens is 2. The minimum Gasteiger partial charge on any atom is -0.493 e. The highest BCUT2D eigenvalue weighted by molar-refractivity contribution is 5.96. The summed E-state index contributed by atoms with van der Waals surface area (Å²) >= 11 is 0. The van der Waals surface area contributed by atoms with Gasteiger partial charge in [-0.2, -0.15) is 0 Å². The number of ether oxygens (including phenoxy) is 2. The molecule has 0 radical (unpaired) electrons. The molecule has 39 heavy (non-hydrogen) atoms. The Bertz CT molecular complexity index is 1300. The number of pyridine rings is 1. The number of rotatable bonds is 9. The molecule has 6 rings (SSSR count). The van der Waals surface area contributed by atoms with Gasteiger partial charge in [0.2, 0.25) is 0 Å². The summed E-state index contributed by atoms with van der Waals surface area (Å²) in [5.41, 5.74) is 4.57. The molecule has 3 heterocycles. The van der Waals surface area contributed by atoms with Gasteiger partial charge in [-0.25, -0.2) is 8.78 Å². The third-order valence-corrected chi connectivity index (χ3v) is 8.47. The normalized spacial score (nSPS) is 18.1. The molecule has 6 nitrogen and oxygen atoms in total. The minimum absolute atomic E-state index is 0.0869. The van der Waals surface area contributed by atoms with Crippen LogP contribution in [0.5, 0.6) is 11.5 Å². The number of nitrogens with zero attached hydrogens (tertiary/aromatic N) is 3. The topological polar surface area (TPSA) is 49.9 Å². The largest absolute Gasteiger partial charge is 0.493 e. The van der Waals surface area contributed by atoms with Crippen molar-refractivity contribution in [3.05, 3.63) is 53.2 Å². The Kier molecular flexibility index (Phi) is 7.73. The zero-order valence-corrected chi connectivity index (χ0v) is 22.8. The predicted molar refractivity (Wildman–Crippen MR) is 151 cm³/mol. The Balaban J connectivity index is 1.20.